The summed E-state index contributed by atoms with van der Waals surface area (Å²) in [7, 11) is 0. The number of para-hydroxylation sites is 1. The summed E-state index contributed by atoms with van der Waals surface area (Å²) in [6, 6.07) is 8.25. The Hall–Kier alpha value is -1.16. The van der Waals surface area contributed by atoms with Crippen LogP contribution in [0, 0.1) is 0 Å². The quantitative estimate of drug-likeness (QED) is 0.859. The first-order valence-corrected chi connectivity index (χ1v) is 7.24. The molecule has 0 aromatic heterocycles. The van der Waals surface area contributed by atoms with E-state index in [0.717, 1.165) is 17.0 Å². The molecule has 0 fully saturated rings. The summed E-state index contributed by atoms with van der Waals surface area (Å²) in [4.78, 5) is 12.1. The molecular formula is C13H18N2OS. The van der Waals surface area contributed by atoms with E-state index in [1.807, 2.05) is 31.2 Å². The molecule has 2 rings (SSSR count). The lowest BCUT2D eigenvalue weighted by molar-refractivity contribution is -0.122. The molecule has 2 unspecified atom stereocenters. The lowest BCUT2D eigenvalue weighted by Gasteiger charge is -2.16. The van der Waals surface area contributed by atoms with Crippen molar-refractivity contribution in [2.75, 3.05) is 23.9 Å². The predicted octanol–water partition coefficient (Wildman–Crippen LogP) is 2.06. The largest absolute Gasteiger partial charge is 0.384 e. The minimum absolute atomic E-state index is 0.0458. The molecule has 1 aromatic carbocycles. The van der Waals surface area contributed by atoms with Crippen LogP contribution in [0.4, 0.5) is 5.69 Å². The molecule has 1 aliphatic rings. The Morgan fingerprint density at radius 1 is 1.59 bits per heavy atom. The topological polar surface area (TPSA) is 41.1 Å². The van der Waals surface area contributed by atoms with Gasteiger partial charge in [0.15, 0.2) is 0 Å². The minimum Gasteiger partial charge on any atom is -0.384 e. The van der Waals surface area contributed by atoms with Crippen molar-refractivity contribution in [1.29, 1.82) is 0 Å². The van der Waals surface area contributed by atoms with Gasteiger partial charge in [-0.25, -0.2) is 0 Å². The van der Waals surface area contributed by atoms with Gasteiger partial charge in [-0.1, -0.05) is 18.2 Å². The summed E-state index contributed by atoms with van der Waals surface area (Å²) in [6.07, 6.45) is 2.05. The Bertz CT molecular complexity index is 408. The van der Waals surface area contributed by atoms with E-state index < -0.39 is 0 Å². The van der Waals surface area contributed by atoms with Crippen molar-refractivity contribution in [1.82, 2.24) is 5.32 Å². The van der Waals surface area contributed by atoms with E-state index in [1.165, 1.54) is 0 Å². The van der Waals surface area contributed by atoms with Crippen molar-refractivity contribution in [3.63, 3.8) is 0 Å². The number of nitrogens with one attached hydrogen (secondary N) is 2. The fourth-order valence-corrected chi connectivity index (χ4v) is 2.74. The number of hydrogen-bond donors (Lipinski definition) is 2. The van der Waals surface area contributed by atoms with Crippen LogP contribution in [-0.2, 0) is 4.79 Å². The lowest BCUT2D eigenvalue weighted by atomic mass is 10.0. The Morgan fingerprint density at radius 2 is 2.35 bits per heavy atom. The van der Waals surface area contributed by atoms with Gasteiger partial charge in [-0.3, -0.25) is 4.79 Å². The summed E-state index contributed by atoms with van der Waals surface area (Å²) in [5.74, 6) is 1.03. The van der Waals surface area contributed by atoms with Crippen LogP contribution in [0.15, 0.2) is 24.3 Å². The van der Waals surface area contributed by atoms with Gasteiger partial charge in [0, 0.05) is 24.0 Å². The normalized spacial score (nSPS) is 19.3. The Balaban J connectivity index is 2.02. The standard InChI is InChI=1S/C13H18N2OS/c1-9(8-17-2)15-13(16)11-7-14-12-6-4-3-5-10(11)12/h3-6,9,11,14H,7-8H2,1-2H3,(H,15,16). The Labute approximate surface area is 106 Å². The van der Waals surface area contributed by atoms with Crippen molar-refractivity contribution in [2.45, 2.75) is 18.9 Å². The zero-order chi connectivity index (χ0) is 12.3. The van der Waals surface area contributed by atoms with Gasteiger partial charge in [-0.05, 0) is 24.8 Å². The third-order valence-corrected chi connectivity index (χ3v) is 3.79. The first-order valence-electron chi connectivity index (χ1n) is 5.84. The van der Waals surface area contributed by atoms with Gasteiger partial charge >= 0.3 is 0 Å². The van der Waals surface area contributed by atoms with Crippen molar-refractivity contribution >= 4 is 23.4 Å². The monoisotopic (exact) mass is 250 g/mol. The van der Waals surface area contributed by atoms with Crippen molar-refractivity contribution in [3.8, 4) is 0 Å². The number of fused-ring (bicyclic) bond motifs is 1. The molecule has 0 saturated carbocycles. The molecule has 0 spiro atoms. The molecule has 0 saturated heterocycles. The number of benzene rings is 1. The van der Waals surface area contributed by atoms with E-state index in [4.69, 9.17) is 0 Å². The smallest absolute Gasteiger partial charge is 0.229 e. The number of amides is 1. The van der Waals surface area contributed by atoms with Crippen molar-refractivity contribution < 1.29 is 4.79 Å². The van der Waals surface area contributed by atoms with Gasteiger partial charge in [0.1, 0.15) is 0 Å². The summed E-state index contributed by atoms with van der Waals surface area (Å²) in [6.45, 7) is 2.75. The van der Waals surface area contributed by atoms with Gasteiger partial charge < -0.3 is 10.6 Å². The maximum absolute atomic E-state index is 12.1. The predicted molar refractivity (Wildman–Crippen MR) is 73.7 cm³/mol. The molecule has 92 valence electrons. The lowest BCUT2D eigenvalue weighted by Crippen LogP contribution is -2.38. The van der Waals surface area contributed by atoms with Gasteiger partial charge in [0.25, 0.3) is 0 Å². The van der Waals surface area contributed by atoms with Crippen molar-refractivity contribution in [2.24, 2.45) is 0 Å². The molecule has 17 heavy (non-hydrogen) atoms. The molecule has 0 radical (unpaired) electrons. The van der Waals surface area contributed by atoms with Crippen LogP contribution >= 0.6 is 11.8 Å². The number of carbonyl (C=O) groups excluding carboxylic acids is 1. The highest BCUT2D eigenvalue weighted by Crippen LogP contribution is 2.31. The number of thioether (sulfide) groups is 1. The second kappa shape index (κ2) is 5.45. The fraction of sp³-hybridized carbons (Fsp3) is 0.462. The summed E-state index contributed by atoms with van der Waals surface area (Å²) in [5.41, 5.74) is 2.20. The molecule has 4 heteroatoms. The first-order chi connectivity index (χ1) is 8.22. The molecule has 1 heterocycles. The molecule has 0 aliphatic carbocycles. The highest BCUT2D eigenvalue weighted by molar-refractivity contribution is 7.98. The molecule has 2 N–H and O–H groups in total. The number of anilines is 1. The molecule has 1 aliphatic heterocycles. The van der Waals surface area contributed by atoms with E-state index in [-0.39, 0.29) is 17.9 Å². The van der Waals surface area contributed by atoms with Crippen LogP contribution in [-0.4, -0.2) is 30.5 Å². The third kappa shape index (κ3) is 2.75. The van der Waals surface area contributed by atoms with Crippen molar-refractivity contribution in [3.05, 3.63) is 29.8 Å². The zero-order valence-corrected chi connectivity index (χ0v) is 11.0. The molecule has 3 nitrogen and oxygen atoms in total. The summed E-state index contributed by atoms with van der Waals surface area (Å²) >= 11 is 1.75. The maximum atomic E-state index is 12.1. The summed E-state index contributed by atoms with van der Waals surface area (Å²) < 4.78 is 0. The van der Waals surface area contributed by atoms with Crippen LogP contribution in [0.3, 0.4) is 0 Å². The zero-order valence-electron chi connectivity index (χ0n) is 10.2. The highest BCUT2D eigenvalue weighted by atomic mass is 32.2. The third-order valence-electron chi connectivity index (χ3n) is 2.95. The average molecular weight is 250 g/mol. The first kappa shape index (κ1) is 12.3. The molecular weight excluding hydrogens is 232 g/mol. The highest BCUT2D eigenvalue weighted by Gasteiger charge is 2.28. The second-order valence-corrected chi connectivity index (χ2v) is 5.30. The average Bonchev–Trinajstić information content (AvgIpc) is 2.72. The van der Waals surface area contributed by atoms with Gasteiger partial charge in [0.05, 0.1) is 5.92 Å². The minimum atomic E-state index is -0.0458. The van der Waals surface area contributed by atoms with Gasteiger partial charge in [0.2, 0.25) is 5.91 Å². The number of carbonyl (C=O) groups is 1. The Kier molecular flexibility index (Phi) is 3.94. The van der Waals surface area contributed by atoms with Crippen LogP contribution in [0.1, 0.15) is 18.4 Å². The summed E-state index contributed by atoms with van der Waals surface area (Å²) in [5, 5.41) is 6.33. The number of hydrogen-bond acceptors (Lipinski definition) is 3. The maximum Gasteiger partial charge on any atom is 0.229 e. The van der Waals surface area contributed by atoms with E-state index in [0.29, 0.717) is 6.54 Å². The van der Waals surface area contributed by atoms with E-state index in [9.17, 15) is 4.79 Å². The van der Waals surface area contributed by atoms with Crippen LogP contribution in [0.2, 0.25) is 0 Å². The molecule has 0 bridgehead atoms. The van der Waals surface area contributed by atoms with E-state index >= 15 is 0 Å². The SMILES string of the molecule is CSCC(C)NC(=O)C1CNc2ccccc21. The molecule has 1 aromatic rings. The molecule has 2 atom stereocenters. The van der Waals surface area contributed by atoms with Crippen LogP contribution < -0.4 is 10.6 Å². The fourth-order valence-electron chi connectivity index (χ4n) is 2.15. The van der Waals surface area contributed by atoms with E-state index in [2.05, 4.69) is 16.9 Å². The molecule has 1 amide bonds. The van der Waals surface area contributed by atoms with Crippen LogP contribution in [0.5, 0.6) is 0 Å². The Morgan fingerprint density at radius 3 is 3.12 bits per heavy atom. The van der Waals surface area contributed by atoms with Gasteiger partial charge in [-0.15, -0.1) is 0 Å². The van der Waals surface area contributed by atoms with E-state index in [1.54, 1.807) is 11.8 Å². The van der Waals surface area contributed by atoms with Gasteiger partial charge in [-0.2, -0.15) is 11.8 Å². The van der Waals surface area contributed by atoms with Crippen LogP contribution in [0.25, 0.3) is 0 Å². The second-order valence-electron chi connectivity index (χ2n) is 4.39. The number of rotatable bonds is 4.